The molecule has 4 rings (SSSR count). The van der Waals surface area contributed by atoms with Gasteiger partial charge in [0.1, 0.15) is 0 Å². The van der Waals surface area contributed by atoms with E-state index in [0.29, 0.717) is 21.2 Å². The van der Waals surface area contributed by atoms with Crippen molar-refractivity contribution in [3.8, 4) is 0 Å². The standard InChI is InChI=1S/2C12H13O2P.C10H22O2/c2*13-15(14,11-7-3-1-4-8-11)12-9-5-2-6-10-12;1-5-6-7-10(4,8(2)11)9(3)12/h2*1-10,13-15H;8-9,11-12H,5-7H2,1-4H3. The van der Waals surface area contributed by atoms with Gasteiger partial charge < -0.3 is 10.2 Å². The van der Waals surface area contributed by atoms with Crippen LogP contribution in [-0.2, 0) is 0 Å². The van der Waals surface area contributed by atoms with E-state index in [1.807, 2.05) is 79.7 Å². The Hall–Kier alpha value is -2.50. The van der Waals surface area contributed by atoms with E-state index in [1.54, 1.807) is 62.4 Å². The fraction of sp³-hybridized carbons (Fsp3) is 0.294. The number of rotatable bonds is 9. The Kier molecular flexibility index (Phi) is 14.4. The molecule has 230 valence electrons. The SMILES string of the molecule is CCCCC(C)(C(C)O)C(C)O.O[PH](O)(c1ccccc1)c1ccccc1.O[PH](O)(c1ccccc1)c1ccccc1. The van der Waals surface area contributed by atoms with Crippen LogP contribution < -0.4 is 21.2 Å². The average molecular weight is 615 g/mol. The van der Waals surface area contributed by atoms with Crippen LogP contribution in [0.5, 0.6) is 0 Å². The summed E-state index contributed by atoms with van der Waals surface area (Å²) in [5.41, 5.74) is -0.337. The number of aliphatic hydroxyl groups is 2. The molecule has 4 aromatic rings. The van der Waals surface area contributed by atoms with Gasteiger partial charge in [0.2, 0.25) is 0 Å². The topological polar surface area (TPSA) is 121 Å². The van der Waals surface area contributed by atoms with Crippen LogP contribution in [0.1, 0.15) is 47.0 Å². The van der Waals surface area contributed by atoms with Crippen LogP contribution in [0, 0.1) is 5.41 Å². The van der Waals surface area contributed by atoms with Crippen molar-refractivity contribution in [2.75, 3.05) is 0 Å². The second kappa shape index (κ2) is 17.0. The van der Waals surface area contributed by atoms with E-state index in [1.165, 1.54) is 0 Å². The quantitative estimate of drug-likeness (QED) is 0.156. The van der Waals surface area contributed by atoms with Crippen molar-refractivity contribution >= 4 is 36.7 Å². The first-order valence-electron chi connectivity index (χ1n) is 14.3. The molecule has 0 saturated carbocycles. The molecule has 2 unspecified atom stereocenters. The molecule has 6 N–H and O–H groups in total. The van der Waals surface area contributed by atoms with Crippen molar-refractivity contribution in [3.05, 3.63) is 121 Å². The Morgan fingerprint density at radius 3 is 0.952 bits per heavy atom. The van der Waals surface area contributed by atoms with Gasteiger partial charge in [-0.05, 0) is 20.3 Å². The normalized spacial score (nSPS) is 15.0. The molecule has 0 heterocycles. The predicted molar refractivity (Wildman–Crippen MR) is 181 cm³/mol. The molecule has 42 heavy (non-hydrogen) atoms. The van der Waals surface area contributed by atoms with Crippen LogP contribution in [-0.4, -0.2) is 42.0 Å². The Bertz CT molecular complexity index is 1090. The molecule has 0 fully saturated rings. The molecule has 2 atom stereocenters. The maximum atomic E-state index is 10.2. The summed E-state index contributed by atoms with van der Waals surface area (Å²) in [5, 5.41) is 21.4. The van der Waals surface area contributed by atoms with Gasteiger partial charge in [0.05, 0.1) is 12.2 Å². The van der Waals surface area contributed by atoms with Crippen molar-refractivity contribution in [2.45, 2.75) is 59.2 Å². The molecule has 0 aliphatic carbocycles. The molecule has 0 aromatic heterocycles. The van der Waals surface area contributed by atoms with E-state index in [9.17, 15) is 29.8 Å². The van der Waals surface area contributed by atoms with Crippen molar-refractivity contribution in [1.29, 1.82) is 0 Å². The molecular formula is C34H48O6P2. The third kappa shape index (κ3) is 10.1. The van der Waals surface area contributed by atoms with Crippen LogP contribution in [0.2, 0.25) is 0 Å². The van der Waals surface area contributed by atoms with E-state index < -0.39 is 27.6 Å². The summed E-state index contributed by atoms with van der Waals surface area (Å²) in [5.74, 6) is 0. The zero-order valence-corrected chi connectivity index (χ0v) is 27.0. The van der Waals surface area contributed by atoms with E-state index in [0.717, 1.165) is 19.3 Å². The summed E-state index contributed by atoms with van der Waals surface area (Å²) < 4.78 is 0. The van der Waals surface area contributed by atoms with Crippen LogP contribution >= 0.6 is 15.4 Å². The molecular weight excluding hydrogens is 566 g/mol. The second-order valence-corrected chi connectivity index (χ2v) is 15.8. The van der Waals surface area contributed by atoms with Gasteiger partial charge in [0, 0.05) is 5.41 Å². The third-order valence-electron chi connectivity index (χ3n) is 7.68. The van der Waals surface area contributed by atoms with Crippen molar-refractivity contribution in [1.82, 2.24) is 0 Å². The van der Waals surface area contributed by atoms with Crippen molar-refractivity contribution in [3.63, 3.8) is 0 Å². The van der Waals surface area contributed by atoms with Crippen LogP contribution in [0.4, 0.5) is 0 Å². The van der Waals surface area contributed by atoms with Crippen LogP contribution in [0.25, 0.3) is 0 Å². The van der Waals surface area contributed by atoms with Gasteiger partial charge in [-0.3, -0.25) is 0 Å². The first kappa shape index (κ1) is 35.7. The molecule has 0 amide bonds. The second-order valence-electron chi connectivity index (χ2n) is 10.8. The fourth-order valence-corrected chi connectivity index (χ4v) is 7.64. The zero-order chi connectivity index (χ0) is 31.2. The minimum absolute atomic E-state index is 0.337. The van der Waals surface area contributed by atoms with Gasteiger partial charge >= 0.3 is 178 Å². The minimum atomic E-state index is -3.46. The number of hydrogen-bond donors (Lipinski definition) is 6. The zero-order valence-electron chi connectivity index (χ0n) is 25.0. The first-order chi connectivity index (χ1) is 19.9. The Morgan fingerprint density at radius 2 is 0.762 bits per heavy atom. The summed E-state index contributed by atoms with van der Waals surface area (Å²) in [6, 6.07) is 35.9. The molecule has 0 spiro atoms. The van der Waals surface area contributed by atoms with Gasteiger partial charge in [-0.15, -0.1) is 0 Å². The molecule has 6 nitrogen and oxygen atoms in total. The van der Waals surface area contributed by atoms with Gasteiger partial charge in [-0.2, -0.15) is 0 Å². The molecule has 0 aliphatic heterocycles. The molecule has 8 heteroatoms. The summed E-state index contributed by atoms with van der Waals surface area (Å²) in [7, 11) is -6.91. The number of aliphatic hydroxyl groups excluding tert-OH is 2. The van der Waals surface area contributed by atoms with E-state index in [2.05, 4.69) is 6.92 Å². The summed E-state index contributed by atoms with van der Waals surface area (Å²) in [6.45, 7) is 7.56. The average Bonchev–Trinajstić information content (AvgIpc) is 3.02. The van der Waals surface area contributed by atoms with Gasteiger partial charge in [0.25, 0.3) is 0 Å². The molecule has 0 aliphatic rings. The molecule has 0 saturated heterocycles. The number of unbranched alkanes of at least 4 members (excludes halogenated alkanes) is 1. The monoisotopic (exact) mass is 614 g/mol. The van der Waals surface area contributed by atoms with E-state index in [-0.39, 0.29) is 5.41 Å². The van der Waals surface area contributed by atoms with Gasteiger partial charge in [-0.25, -0.2) is 0 Å². The van der Waals surface area contributed by atoms with Crippen molar-refractivity contribution < 1.29 is 29.8 Å². The first-order valence-corrected chi connectivity index (χ1v) is 18.1. The summed E-state index contributed by atoms with van der Waals surface area (Å²) in [6.07, 6.45) is 2.17. The number of hydrogen-bond acceptors (Lipinski definition) is 6. The van der Waals surface area contributed by atoms with Crippen LogP contribution in [0.3, 0.4) is 0 Å². The Labute approximate surface area is 252 Å². The number of benzene rings is 4. The van der Waals surface area contributed by atoms with Crippen molar-refractivity contribution in [2.24, 2.45) is 5.41 Å². The van der Waals surface area contributed by atoms with E-state index in [4.69, 9.17) is 0 Å². The molecule has 0 bridgehead atoms. The predicted octanol–water partition coefficient (Wildman–Crippen LogP) is 4.35. The van der Waals surface area contributed by atoms with E-state index >= 15 is 0 Å². The molecule has 0 radical (unpaired) electrons. The third-order valence-corrected chi connectivity index (χ3v) is 12.2. The molecule has 4 aromatic carbocycles. The van der Waals surface area contributed by atoms with Gasteiger partial charge in [0.15, 0.2) is 0 Å². The fourth-order valence-electron chi connectivity index (χ4n) is 4.34. The van der Waals surface area contributed by atoms with Crippen LogP contribution in [0.15, 0.2) is 121 Å². The summed E-state index contributed by atoms with van der Waals surface area (Å²) in [4.78, 5) is 40.6. The Balaban J connectivity index is 0.000000222. The maximum absolute atomic E-state index is 10.2. The Morgan fingerprint density at radius 1 is 0.524 bits per heavy atom. The summed E-state index contributed by atoms with van der Waals surface area (Å²) >= 11 is 0. The van der Waals surface area contributed by atoms with Gasteiger partial charge in [-0.1, -0.05) is 26.7 Å².